The standard InChI is InChI=1S/C20H21F3N2O4/c1-4-25(19(27)13-9-10-16(28-2)17(11-13)29-3)12-18(26)24-15-8-6-5-7-14(15)20(21,22)23/h5-11H,4,12H2,1-3H3,(H,24,26). The predicted molar refractivity (Wildman–Crippen MR) is 101 cm³/mol. The Bertz CT molecular complexity index is 884. The number of likely N-dealkylation sites (N-methyl/N-ethyl adjacent to an activating group) is 1. The van der Waals surface area contributed by atoms with Crippen LogP contribution >= 0.6 is 0 Å². The lowest BCUT2D eigenvalue weighted by Gasteiger charge is -2.21. The molecule has 0 spiro atoms. The second-order valence-electron chi connectivity index (χ2n) is 5.98. The maximum absolute atomic E-state index is 13.1. The van der Waals surface area contributed by atoms with Gasteiger partial charge in [0.2, 0.25) is 5.91 Å². The van der Waals surface area contributed by atoms with E-state index in [1.165, 1.54) is 43.4 Å². The van der Waals surface area contributed by atoms with Crippen molar-refractivity contribution in [2.24, 2.45) is 0 Å². The fraction of sp³-hybridized carbons (Fsp3) is 0.300. The average molecular weight is 410 g/mol. The number of benzene rings is 2. The number of hydrogen-bond acceptors (Lipinski definition) is 4. The van der Waals surface area contributed by atoms with Crippen molar-refractivity contribution in [3.63, 3.8) is 0 Å². The van der Waals surface area contributed by atoms with Crippen LogP contribution in [0.3, 0.4) is 0 Å². The zero-order valence-electron chi connectivity index (χ0n) is 16.2. The highest BCUT2D eigenvalue weighted by molar-refractivity contribution is 6.00. The van der Waals surface area contributed by atoms with E-state index in [0.717, 1.165) is 12.1 Å². The monoisotopic (exact) mass is 410 g/mol. The fourth-order valence-corrected chi connectivity index (χ4v) is 2.68. The number of halogens is 3. The summed E-state index contributed by atoms with van der Waals surface area (Å²) in [7, 11) is 2.88. The molecule has 0 aliphatic carbocycles. The smallest absolute Gasteiger partial charge is 0.418 e. The number of alkyl halides is 3. The van der Waals surface area contributed by atoms with Crippen LogP contribution in [0.1, 0.15) is 22.8 Å². The van der Waals surface area contributed by atoms with Gasteiger partial charge < -0.3 is 19.7 Å². The number of ether oxygens (including phenoxy) is 2. The minimum absolute atomic E-state index is 0.182. The van der Waals surface area contributed by atoms with Gasteiger partial charge in [0.25, 0.3) is 5.91 Å². The molecular weight excluding hydrogens is 389 g/mol. The third-order valence-electron chi connectivity index (χ3n) is 4.14. The van der Waals surface area contributed by atoms with Crippen LogP contribution in [-0.2, 0) is 11.0 Å². The Morgan fingerprint density at radius 3 is 2.28 bits per heavy atom. The SMILES string of the molecule is CCN(CC(=O)Nc1ccccc1C(F)(F)F)C(=O)c1ccc(OC)c(OC)c1. The predicted octanol–water partition coefficient (Wildman–Crippen LogP) is 3.82. The molecule has 0 aliphatic heterocycles. The summed E-state index contributed by atoms with van der Waals surface area (Å²) in [6.45, 7) is 1.44. The number of nitrogens with zero attached hydrogens (tertiary/aromatic N) is 1. The molecule has 2 aromatic rings. The average Bonchev–Trinajstić information content (AvgIpc) is 2.70. The Morgan fingerprint density at radius 1 is 1.03 bits per heavy atom. The van der Waals surface area contributed by atoms with Crippen LogP contribution in [0, 0.1) is 0 Å². The number of rotatable bonds is 7. The molecule has 2 aromatic carbocycles. The first-order chi connectivity index (χ1) is 13.7. The summed E-state index contributed by atoms with van der Waals surface area (Å²) in [5.74, 6) is -0.420. The van der Waals surface area contributed by atoms with E-state index in [-0.39, 0.29) is 17.8 Å². The van der Waals surface area contributed by atoms with Gasteiger partial charge in [0.15, 0.2) is 11.5 Å². The lowest BCUT2D eigenvalue weighted by molar-refractivity contribution is -0.137. The van der Waals surface area contributed by atoms with E-state index in [1.807, 2.05) is 0 Å². The highest BCUT2D eigenvalue weighted by Crippen LogP contribution is 2.34. The molecule has 0 aromatic heterocycles. The first-order valence-corrected chi connectivity index (χ1v) is 8.68. The summed E-state index contributed by atoms with van der Waals surface area (Å²) < 4.78 is 49.5. The minimum atomic E-state index is -4.61. The van der Waals surface area contributed by atoms with Crippen molar-refractivity contribution in [2.45, 2.75) is 13.1 Å². The quantitative estimate of drug-likeness (QED) is 0.754. The van der Waals surface area contributed by atoms with Crippen LogP contribution in [0.15, 0.2) is 42.5 Å². The van der Waals surface area contributed by atoms with Gasteiger partial charge in [-0.15, -0.1) is 0 Å². The lowest BCUT2D eigenvalue weighted by Crippen LogP contribution is -2.38. The number of carbonyl (C=O) groups is 2. The van der Waals surface area contributed by atoms with E-state index in [1.54, 1.807) is 13.0 Å². The second-order valence-corrected chi connectivity index (χ2v) is 5.98. The Kier molecular flexibility index (Phi) is 7.08. The molecule has 0 saturated heterocycles. The summed E-state index contributed by atoms with van der Waals surface area (Å²) in [4.78, 5) is 26.2. The molecule has 0 aliphatic rings. The van der Waals surface area contributed by atoms with Crippen molar-refractivity contribution in [3.8, 4) is 11.5 Å². The number of methoxy groups -OCH3 is 2. The van der Waals surface area contributed by atoms with Crippen LogP contribution in [0.2, 0.25) is 0 Å². The van der Waals surface area contributed by atoms with Gasteiger partial charge in [-0.1, -0.05) is 12.1 Å². The van der Waals surface area contributed by atoms with Gasteiger partial charge in [-0.2, -0.15) is 13.2 Å². The molecule has 29 heavy (non-hydrogen) atoms. The second kappa shape index (κ2) is 9.31. The van der Waals surface area contributed by atoms with Crippen molar-refractivity contribution in [2.75, 3.05) is 32.6 Å². The van der Waals surface area contributed by atoms with E-state index < -0.39 is 30.1 Å². The maximum Gasteiger partial charge on any atom is 0.418 e. The van der Waals surface area contributed by atoms with Crippen LogP contribution < -0.4 is 14.8 Å². The molecule has 156 valence electrons. The van der Waals surface area contributed by atoms with E-state index in [2.05, 4.69) is 5.32 Å². The third-order valence-corrected chi connectivity index (χ3v) is 4.14. The number of para-hydroxylation sites is 1. The van der Waals surface area contributed by atoms with Gasteiger partial charge in [-0.25, -0.2) is 0 Å². The van der Waals surface area contributed by atoms with Crippen molar-refractivity contribution >= 4 is 17.5 Å². The van der Waals surface area contributed by atoms with Crippen LogP contribution in [0.25, 0.3) is 0 Å². The van der Waals surface area contributed by atoms with E-state index in [0.29, 0.717) is 11.5 Å². The van der Waals surface area contributed by atoms with Crippen LogP contribution in [0.5, 0.6) is 11.5 Å². The van der Waals surface area contributed by atoms with Gasteiger partial charge >= 0.3 is 6.18 Å². The molecule has 6 nitrogen and oxygen atoms in total. The summed E-state index contributed by atoms with van der Waals surface area (Å²) in [5, 5.41) is 2.23. The van der Waals surface area contributed by atoms with E-state index >= 15 is 0 Å². The number of carbonyl (C=O) groups excluding carboxylic acids is 2. The first kappa shape index (κ1) is 22.1. The summed E-state index contributed by atoms with van der Waals surface area (Å²) >= 11 is 0. The molecule has 0 unspecified atom stereocenters. The van der Waals surface area contributed by atoms with Crippen molar-refractivity contribution in [1.82, 2.24) is 4.90 Å². The molecule has 0 radical (unpaired) electrons. The summed E-state index contributed by atoms with van der Waals surface area (Å²) in [6, 6.07) is 9.20. The van der Waals surface area contributed by atoms with Gasteiger partial charge in [-0.05, 0) is 37.3 Å². The van der Waals surface area contributed by atoms with Crippen molar-refractivity contribution in [3.05, 3.63) is 53.6 Å². The summed E-state index contributed by atoms with van der Waals surface area (Å²) in [6.07, 6.45) is -4.61. The van der Waals surface area contributed by atoms with Crippen LogP contribution in [0.4, 0.5) is 18.9 Å². The highest BCUT2D eigenvalue weighted by atomic mass is 19.4. The molecule has 0 heterocycles. The normalized spacial score (nSPS) is 11.0. The number of hydrogen-bond donors (Lipinski definition) is 1. The number of amides is 2. The molecule has 0 saturated carbocycles. The number of nitrogens with one attached hydrogen (secondary N) is 1. The largest absolute Gasteiger partial charge is 0.493 e. The Balaban J connectivity index is 2.16. The molecular formula is C20H21F3N2O4. The van der Waals surface area contributed by atoms with Gasteiger partial charge in [-0.3, -0.25) is 9.59 Å². The molecule has 2 amide bonds. The number of anilines is 1. The molecule has 0 atom stereocenters. The molecule has 2 rings (SSSR count). The molecule has 1 N–H and O–H groups in total. The van der Waals surface area contributed by atoms with E-state index in [4.69, 9.17) is 9.47 Å². The zero-order valence-corrected chi connectivity index (χ0v) is 16.2. The molecule has 9 heteroatoms. The maximum atomic E-state index is 13.1. The van der Waals surface area contributed by atoms with Gasteiger partial charge in [0.1, 0.15) is 6.54 Å². The van der Waals surface area contributed by atoms with Crippen molar-refractivity contribution < 1.29 is 32.2 Å². The fourth-order valence-electron chi connectivity index (χ4n) is 2.68. The third kappa shape index (κ3) is 5.40. The molecule has 0 bridgehead atoms. The van der Waals surface area contributed by atoms with Crippen LogP contribution in [-0.4, -0.2) is 44.0 Å². The van der Waals surface area contributed by atoms with Crippen molar-refractivity contribution in [1.29, 1.82) is 0 Å². The van der Waals surface area contributed by atoms with Gasteiger partial charge in [0, 0.05) is 12.1 Å². The van der Waals surface area contributed by atoms with E-state index in [9.17, 15) is 22.8 Å². The minimum Gasteiger partial charge on any atom is -0.493 e. The lowest BCUT2D eigenvalue weighted by atomic mass is 10.1. The summed E-state index contributed by atoms with van der Waals surface area (Å²) in [5.41, 5.74) is -1.06. The molecule has 0 fully saturated rings. The highest BCUT2D eigenvalue weighted by Gasteiger charge is 2.33. The van der Waals surface area contributed by atoms with Gasteiger partial charge in [0.05, 0.1) is 25.5 Å². The Morgan fingerprint density at radius 2 is 1.69 bits per heavy atom. The Labute approximate surface area is 166 Å². The first-order valence-electron chi connectivity index (χ1n) is 8.68. The zero-order chi connectivity index (χ0) is 21.6. The Hall–Kier alpha value is -3.23. The topological polar surface area (TPSA) is 67.9 Å².